The Morgan fingerprint density at radius 1 is 1.12 bits per heavy atom. The summed E-state index contributed by atoms with van der Waals surface area (Å²) in [6.07, 6.45) is 0.833. The normalized spacial score (nSPS) is 18.4. The monoisotopic (exact) mass is 587 g/mol. The highest BCUT2D eigenvalue weighted by Gasteiger charge is 2.32. The Bertz CT molecular complexity index is 1480. The highest BCUT2D eigenvalue weighted by Crippen LogP contribution is 2.39. The van der Waals surface area contributed by atoms with Crippen LogP contribution in [0.4, 0.5) is 4.79 Å². The molecule has 1 amide bonds. The zero-order chi connectivity index (χ0) is 29.3. The first-order valence-corrected chi connectivity index (χ1v) is 14.6. The van der Waals surface area contributed by atoms with E-state index in [0.717, 1.165) is 38.5 Å². The van der Waals surface area contributed by atoms with Gasteiger partial charge in [0.15, 0.2) is 6.29 Å². The average Bonchev–Trinajstić information content (AvgIpc) is 3.46. The molecular formula is C31H33N5O5S. The van der Waals surface area contributed by atoms with Crippen LogP contribution in [0.15, 0.2) is 90.6 Å². The predicted molar refractivity (Wildman–Crippen MR) is 158 cm³/mol. The maximum atomic E-state index is 11.9. The summed E-state index contributed by atoms with van der Waals surface area (Å²) in [5, 5.41) is 24.7. The van der Waals surface area contributed by atoms with Crippen LogP contribution >= 0.6 is 11.8 Å². The lowest BCUT2D eigenvalue weighted by molar-refractivity contribution is -0.245. The SMILES string of the molecule is C=CCOC(=O)NCc1ccccc1-c1ccc([C@H]2O[C@@H](CSc3nnnn3C)C[C@@H](c3ccc(CO)cc3)O2)cc1. The smallest absolute Gasteiger partial charge is 0.407 e. The fraction of sp³-hybridized carbons (Fsp3) is 0.290. The summed E-state index contributed by atoms with van der Waals surface area (Å²) in [6.45, 7) is 4.04. The molecule has 1 fully saturated rings. The van der Waals surface area contributed by atoms with Gasteiger partial charge < -0.3 is 24.6 Å². The summed E-state index contributed by atoms with van der Waals surface area (Å²) in [5.74, 6) is 0.660. The van der Waals surface area contributed by atoms with Gasteiger partial charge in [-0.2, -0.15) is 0 Å². The highest BCUT2D eigenvalue weighted by atomic mass is 32.2. The number of aromatic nitrogens is 4. The van der Waals surface area contributed by atoms with Crippen molar-refractivity contribution >= 4 is 17.9 Å². The van der Waals surface area contributed by atoms with Gasteiger partial charge in [0.1, 0.15) is 6.61 Å². The molecule has 0 spiro atoms. The van der Waals surface area contributed by atoms with Gasteiger partial charge in [0.2, 0.25) is 5.16 Å². The fourth-order valence-corrected chi connectivity index (χ4v) is 5.53. The summed E-state index contributed by atoms with van der Waals surface area (Å²) in [6, 6.07) is 23.8. The second-order valence-corrected chi connectivity index (χ2v) is 10.8. The van der Waals surface area contributed by atoms with Gasteiger partial charge in [0, 0.05) is 31.3 Å². The molecule has 2 N–H and O–H groups in total. The summed E-state index contributed by atoms with van der Waals surface area (Å²) in [4.78, 5) is 11.9. The molecule has 0 bridgehead atoms. The van der Waals surface area contributed by atoms with Crippen LogP contribution in [0, 0.1) is 0 Å². The summed E-state index contributed by atoms with van der Waals surface area (Å²) in [5.41, 5.74) is 5.75. The van der Waals surface area contributed by atoms with Crippen LogP contribution in [0.2, 0.25) is 0 Å². The van der Waals surface area contributed by atoms with Crippen molar-refractivity contribution in [2.75, 3.05) is 12.4 Å². The van der Waals surface area contributed by atoms with Crippen LogP contribution in [-0.4, -0.2) is 49.9 Å². The van der Waals surface area contributed by atoms with Crippen molar-refractivity contribution in [1.29, 1.82) is 0 Å². The van der Waals surface area contributed by atoms with Gasteiger partial charge in [-0.15, -0.1) is 5.10 Å². The Hall–Kier alpha value is -4.03. The first-order valence-electron chi connectivity index (χ1n) is 13.6. The quantitative estimate of drug-likeness (QED) is 0.182. The first-order chi connectivity index (χ1) is 20.5. The van der Waals surface area contributed by atoms with Gasteiger partial charge in [0.25, 0.3) is 0 Å². The third kappa shape index (κ3) is 7.42. The van der Waals surface area contributed by atoms with Crippen LogP contribution in [0.25, 0.3) is 11.1 Å². The second-order valence-electron chi connectivity index (χ2n) is 9.77. The Labute approximate surface area is 248 Å². The number of aryl methyl sites for hydroxylation is 1. The van der Waals surface area contributed by atoms with E-state index in [1.807, 2.05) is 79.8 Å². The maximum absolute atomic E-state index is 11.9. The molecule has 0 saturated carbocycles. The third-order valence-corrected chi connectivity index (χ3v) is 8.00. The number of amides is 1. The fourth-order valence-electron chi connectivity index (χ4n) is 4.66. The van der Waals surface area contributed by atoms with E-state index in [2.05, 4.69) is 27.4 Å². The molecule has 1 aromatic heterocycles. The number of nitrogens with one attached hydrogen (secondary N) is 1. The zero-order valence-corrected chi connectivity index (χ0v) is 24.1. The van der Waals surface area contributed by atoms with Crippen LogP contribution < -0.4 is 5.32 Å². The molecule has 2 heterocycles. The summed E-state index contributed by atoms with van der Waals surface area (Å²) >= 11 is 1.54. The average molecular weight is 588 g/mol. The molecular weight excluding hydrogens is 554 g/mol. The van der Waals surface area contributed by atoms with Crippen molar-refractivity contribution in [2.45, 2.75) is 43.2 Å². The van der Waals surface area contributed by atoms with E-state index in [1.54, 1.807) is 16.4 Å². The van der Waals surface area contributed by atoms with Gasteiger partial charge in [-0.3, -0.25) is 0 Å². The van der Waals surface area contributed by atoms with E-state index in [9.17, 15) is 9.90 Å². The van der Waals surface area contributed by atoms with Gasteiger partial charge >= 0.3 is 6.09 Å². The molecule has 218 valence electrons. The molecule has 3 aromatic carbocycles. The van der Waals surface area contributed by atoms with Crippen molar-refractivity contribution < 1.29 is 24.1 Å². The number of tetrazole rings is 1. The lowest BCUT2D eigenvalue weighted by Crippen LogP contribution is -2.31. The number of carbonyl (C=O) groups excluding carboxylic acids is 1. The number of aliphatic hydroxyl groups is 1. The van der Waals surface area contributed by atoms with Crippen molar-refractivity contribution in [2.24, 2.45) is 7.05 Å². The van der Waals surface area contributed by atoms with Crippen molar-refractivity contribution in [3.8, 4) is 11.1 Å². The van der Waals surface area contributed by atoms with E-state index in [-0.39, 0.29) is 25.4 Å². The van der Waals surface area contributed by atoms with Crippen LogP contribution in [0.3, 0.4) is 0 Å². The molecule has 42 heavy (non-hydrogen) atoms. The van der Waals surface area contributed by atoms with E-state index in [4.69, 9.17) is 14.2 Å². The minimum absolute atomic E-state index is 0.00647. The Kier molecular flexibility index (Phi) is 9.98. The Balaban J connectivity index is 1.33. The lowest BCUT2D eigenvalue weighted by Gasteiger charge is -2.36. The van der Waals surface area contributed by atoms with Crippen molar-refractivity contribution in [3.05, 3.63) is 108 Å². The molecule has 5 rings (SSSR count). The largest absolute Gasteiger partial charge is 0.445 e. The number of aliphatic hydroxyl groups excluding tert-OH is 1. The van der Waals surface area contributed by atoms with Crippen molar-refractivity contribution in [3.63, 3.8) is 0 Å². The second kappa shape index (κ2) is 14.2. The van der Waals surface area contributed by atoms with Crippen LogP contribution in [0.5, 0.6) is 0 Å². The predicted octanol–water partition coefficient (Wildman–Crippen LogP) is 5.12. The molecule has 10 nitrogen and oxygen atoms in total. The maximum Gasteiger partial charge on any atom is 0.407 e. The summed E-state index contributed by atoms with van der Waals surface area (Å²) in [7, 11) is 1.81. The molecule has 0 radical (unpaired) electrons. The number of carbonyl (C=O) groups is 1. The minimum atomic E-state index is -0.574. The van der Waals surface area contributed by atoms with Gasteiger partial charge in [0.05, 0.1) is 18.8 Å². The Morgan fingerprint density at radius 2 is 1.88 bits per heavy atom. The van der Waals surface area contributed by atoms with E-state index in [1.165, 1.54) is 6.08 Å². The van der Waals surface area contributed by atoms with Gasteiger partial charge in [-0.05, 0) is 38.2 Å². The number of rotatable bonds is 11. The number of hydrogen-bond donors (Lipinski definition) is 2. The molecule has 1 aliphatic rings. The molecule has 0 unspecified atom stereocenters. The van der Waals surface area contributed by atoms with Gasteiger partial charge in [-0.1, -0.05) is 97.2 Å². The topological polar surface area (TPSA) is 121 Å². The number of benzene rings is 3. The molecule has 3 atom stereocenters. The summed E-state index contributed by atoms with van der Waals surface area (Å²) < 4.78 is 19.6. The highest BCUT2D eigenvalue weighted by molar-refractivity contribution is 7.99. The molecule has 0 aliphatic carbocycles. The van der Waals surface area contributed by atoms with E-state index < -0.39 is 12.4 Å². The van der Waals surface area contributed by atoms with E-state index in [0.29, 0.717) is 18.7 Å². The number of nitrogens with zero attached hydrogens (tertiary/aromatic N) is 4. The van der Waals surface area contributed by atoms with E-state index >= 15 is 0 Å². The number of thioether (sulfide) groups is 1. The zero-order valence-electron chi connectivity index (χ0n) is 23.3. The molecule has 11 heteroatoms. The van der Waals surface area contributed by atoms with Crippen LogP contribution in [0.1, 0.15) is 41.1 Å². The lowest BCUT2D eigenvalue weighted by atomic mass is 9.98. The first kappa shape index (κ1) is 29.5. The Morgan fingerprint density at radius 3 is 2.60 bits per heavy atom. The number of hydrogen-bond acceptors (Lipinski definition) is 9. The number of ether oxygens (including phenoxy) is 3. The van der Waals surface area contributed by atoms with Gasteiger partial charge in [-0.25, -0.2) is 9.48 Å². The minimum Gasteiger partial charge on any atom is -0.445 e. The third-order valence-electron chi connectivity index (χ3n) is 6.86. The number of alkyl carbamates (subject to hydrolysis) is 1. The standard InChI is InChI=1S/C31H33N5O5S/c1-3-16-39-31(38)32-18-25-6-4-5-7-27(25)22-12-14-24(15-13-22)29-40-26(20-42-30-33-34-35-36(30)2)17-28(41-29)23-10-8-21(19-37)9-11-23/h3-15,26,28-29,37H,1,16-20H2,2H3,(H,32,38)/t26-,28+,29+/m1/s1. The molecule has 1 aliphatic heterocycles. The van der Waals surface area contributed by atoms with Crippen molar-refractivity contribution in [1.82, 2.24) is 25.5 Å². The van der Waals surface area contributed by atoms with Crippen LogP contribution in [-0.2, 0) is 34.4 Å². The molecule has 4 aromatic rings. The molecule has 1 saturated heterocycles.